The third-order valence-electron chi connectivity index (χ3n) is 7.22. The summed E-state index contributed by atoms with van der Waals surface area (Å²) in [6, 6.07) is 4.70. The van der Waals surface area contributed by atoms with Gasteiger partial charge < -0.3 is 10.4 Å². The number of carbonyl (C=O) groups excluding carboxylic acids is 1. The van der Waals surface area contributed by atoms with Crippen LogP contribution in [0.5, 0.6) is 0 Å². The van der Waals surface area contributed by atoms with Gasteiger partial charge in [-0.2, -0.15) is 0 Å². The van der Waals surface area contributed by atoms with Crippen molar-refractivity contribution in [3.8, 4) is 0 Å². The van der Waals surface area contributed by atoms with Crippen molar-refractivity contribution in [1.82, 2.24) is 4.72 Å². The molecule has 208 valence electrons. The molecule has 14 heteroatoms. The summed E-state index contributed by atoms with van der Waals surface area (Å²) >= 11 is 6.23. The van der Waals surface area contributed by atoms with Crippen LogP contribution in [0.1, 0.15) is 43.0 Å². The van der Waals surface area contributed by atoms with Crippen LogP contribution in [0.15, 0.2) is 35.2 Å². The van der Waals surface area contributed by atoms with Gasteiger partial charge in [0, 0.05) is 29.9 Å². The summed E-state index contributed by atoms with van der Waals surface area (Å²) in [5, 5.41) is 12.2. The molecule has 2 atom stereocenters. The molecule has 2 aromatic rings. The number of sulfonamides is 1. The Morgan fingerprint density at radius 2 is 1.63 bits per heavy atom. The summed E-state index contributed by atoms with van der Waals surface area (Å²) in [5.41, 5.74) is -1.92. The van der Waals surface area contributed by atoms with Crippen LogP contribution < -0.4 is 10.0 Å². The van der Waals surface area contributed by atoms with Crippen molar-refractivity contribution in [2.45, 2.75) is 48.4 Å². The summed E-state index contributed by atoms with van der Waals surface area (Å²) in [5.74, 6) is -6.68. The molecular formula is C24H26ClF3N2O6S2. The summed E-state index contributed by atoms with van der Waals surface area (Å²) in [6.07, 6.45) is 1.16. The van der Waals surface area contributed by atoms with Crippen LogP contribution in [0, 0.1) is 29.3 Å². The van der Waals surface area contributed by atoms with E-state index in [9.17, 15) is 39.9 Å². The molecule has 0 saturated heterocycles. The minimum Gasteiger partial charge on any atom is -0.389 e. The first-order chi connectivity index (χ1) is 17.7. The van der Waals surface area contributed by atoms with Crippen molar-refractivity contribution >= 4 is 43.1 Å². The number of carbonyl (C=O) groups is 1. The zero-order valence-electron chi connectivity index (χ0n) is 20.2. The summed E-state index contributed by atoms with van der Waals surface area (Å²) < 4.78 is 93.8. The predicted molar refractivity (Wildman–Crippen MR) is 135 cm³/mol. The highest BCUT2D eigenvalue weighted by atomic mass is 35.5. The number of fused-ring (bicyclic) bond motifs is 2. The van der Waals surface area contributed by atoms with Crippen LogP contribution in [0.3, 0.4) is 0 Å². The van der Waals surface area contributed by atoms with Gasteiger partial charge in [-0.3, -0.25) is 4.79 Å². The number of halogens is 4. The molecule has 0 spiro atoms. The van der Waals surface area contributed by atoms with Gasteiger partial charge in [0.05, 0.1) is 26.5 Å². The van der Waals surface area contributed by atoms with Crippen LogP contribution in [0.4, 0.5) is 18.9 Å². The van der Waals surface area contributed by atoms with Gasteiger partial charge in [0.15, 0.2) is 27.3 Å². The number of rotatable bonds is 8. The number of anilines is 1. The van der Waals surface area contributed by atoms with Crippen molar-refractivity contribution in [3.63, 3.8) is 0 Å². The van der Waals surface area contributed by atoms with Gasteiger partial charge in [-0.15, -0.1) is 0 Å². The van der Waals surface area contributed by atoms with Gasteiger partial charge in [0.25, 0.3) is 5.91 Å². The second-order valence-corrected chi connectivity index (χ2v) is 14.4. The Balaban J connectivity index is 1.57. The second kappa shape index (κ2) is 10.4. The lowest BCUT2D eigenvalue weighted by molar-refractivity contribution is -0.0136. The van der Waals surface area contributed by atoms with Crippen molar-refractivity contribution in [3.05, 3.63) is 58.4 Å². The van der Waals surface area contributed by atoms with Crippen LogP contribution in [-0.2, 0) is 19.9 Å². The highest BCUT2D eigenvalue weighted by Crippen LogP contribution is 2.51. The monoisotopic (exact) mass is 594 g/mol. The Hall–Kier alpha value is -2.19. The average Bonchev–Trinajstić information content (AvgIpc) is 3.14. The molecule has 3 N–H and O–H groups in total. The van der Waals surface area contributed by atoms with E-state index in [4.69, 9.17) is 11.6 Å². The van der Waals surface area contributed by atoms with E-state index in [-0.39, 0.29) is 46.3 Å². The number of benzene rings is 2. The second-order valence-electron chi connectivity index (χ2n) is 9.82. The van der Waals surface area contributed by atoms with Crippen molar-refractivity contribution < 1.29 is 39.9 Å². The standard InChI is InChI=1S/C24H26ClF3N2O6S2/c1-2-37(33,34)29-12-24(32)10-14-3-4-15(11-24)22(14)38(35,36)20-7-13(5-6-17(20)25)23(31)30-16-8-18(26)21(28)19(27)9-16/h5-9,14-15,22,29,32H,2-4,10-12H2,1H3,(H,30,31). The molecule has 0 heterocycles. The van der Waals surface area contributed by atoms with Gasteiger partial charge in [-0.1, -0.05) is 11.6 Å². The normalized spacial score (nSPS) is 25.4. The molecule has 0 aliphatic heterocycles. The minimum atomic E-state index is -4.11. The van der Waals surface area contributed by atoms with Gasteiger partial charge in [0.2, 0.25) is 10.0 Å². The van der Waals surface area contributed by atoms with Gasteiger partial charge in [-0.05, 0) is 62.6 Å². The smallest absolute Gasteiger partial charge is 0.255 e. The summed E-state index contributed by atoms with van der Waals surface area (Å²) in [4.78, 5) is 12.4. The lowest BCUT2D eigenvalue weighted by Gasteiger charge is -2.41. The maximum atomic E-state index is 13.8. The number of sulfone groups is 1. The average molecular weight is 595 g/mol. The minimum absolute atomic E-state index is 0.0686. The lowest BCUT2D eigenvalue weighted by Crippen LogP contribution is -2.51. The van der Waals surface area contributed by atoms with E-state index in [2.05, 4.69) is 10.0 Å². The number of hydrogen-bond acceptors (Lipinski definition) is 6. The van der Waals surface area contributed by atoms with Crippen molar-refractivity contribution in [1.29, 1.82) is 0 Å². The fraction of sp³-hybridized carbons (Fsp3) is 0.458. The molecule has 2 saturated carbocycles. The molecule has 2 bridgehead atoms. The van der Waals surface area contributed by atoms with Gasteiger partial charge >= 0.3 is 0 Å². The van der Waals surface area contributed by atoms with Crippen LogP contribution in [-0.4, -0.2) is 51.0 Å². The first-order valence-corrected chi connectivity index (χ1v) is 15.4. The maximum Gasteiger partial charge on any atom is 0.255 e. The topological polar surface area (TPSA) is 130 Å². The zero-order valence-corrected chi connectivity index (χ0v) is 22.6. The van der Waals surface area contributed by atoms with E-state index in [0.29, 0.717) is 25.0 Å². The van der Waals surface area contributed by atoms with E-state index in [1.165, 1.54) is 19.1 Å². The Morgan fingerprint density at radius 3 is 2.18 bits per heavy atom. The fourth-order valence-corrected chi connectivity index (χ4v) is 9.01. The molecule has 2 unspecified atom stereocenters. The molecule has 0 aromatic heterocycles. The van der Waals surface area contributed by atoms with Crippen LogP contribution in [0.2, 0.25) is 5.02 Å². The van der Waals surface area contributed by atoms with Crippen molar-refractivity contribution in [2.24, 2.45) is 11.8 Å². The first-order valence-electron chi connectivity index (χ1n) is 11.8. The first kappa shape index (κ1) is 28.8. The third kappa shape index (κ3) is 5.71. The van der Waals surface area contributed by atoms with Crippen molar-refractivity contribution in [2.75, 3.05) is 17.6 Å². The number of aliphatic hydroxyl groups is 1. The summed E-state index contributed by atoms with van der Waals surface area (Å²) in [6.45, 7) is 1.25. The fourth-order valence-electron chi connectivity index (χ4n) is 5.48. The lowest BCUT2D eigenvalue weighted by atomic mass is 9.77. The Kier molecular flexibility index (Phi) is 7.90. The van der Waals surface area contributed by atoms with Crippen LogP contribution in [0.25, 0.3) is 0 Å². The Labute approximate surface area is 223 Å². The maximum absolute atomic E-state index is 13.8. The molecule has 2 aliphatic rings. The highest BCUT2D eigenvalue weighted by molar-refractivity contribution is 7.92. The van der Waals surface area contributed by atoms with E-state index >= 15 is 0 Å². The SMILES string of the molecule is CCS(=O)(=O)NCC1(O)CC2CCC(C1)C2S(=O)(=O)c1cc(C(=O)Nc2cc(F)c(F)c(F)c2)ccc1Cl. The van der Waals surface area contributed by atoms with Crippen LogP contribution >= 0.6 is 11.6 Å². The van der Waals surface area contributed by atoms with Gasteiger partial charge in [0.1, 0.15) is 0 Å². The molecule has 2 fully saturated rings. The zero-order chi connectivity index (χ0) is 28.0. The summed E-state index contributed by atoms with van der Waals surface area (Å²) in [7, 11) is -7.65. The quantitative estimate of drug-likeness (QED) is 0.400. The van der Waals surface area contributed by atoms with E-state index in [1.54, 1.807) is 0 Å². The Bertz CT molecular complexity index is 1450. The van der Waals surface area contributed by atoms with E-state index in [0.717, 1.165) is 6.07 Å². The molecule has 0 radical (unpaired) electrons. The molecule has 1 amide bonds. The largest absolute Gasteiger partial charge is 0.389 e. The predicted octanol–water partition coefficient (Wildman–Crippen LogP) is 3.64. The molecule has 4 rings (SSSR count). The molecule has 2 aromatic carbocycles. The molecular weight excluding hydrogens is 569 g/mol. The highest BCUT2D eigenvalue weighted by Gasteiger charge is 2.54. The third-order valence-corrected chi connectivity index (χ3v) is 11.4. The molecule has 38 heavy (non-hydrogen) atoms. The molecule has 2 aliphatic carbocycles. The molecule has 8 nitrogen and oxygen atoms in total. The van der Waals surface area contributed by atoms with Gasteiger partial charge in [-0.25, -0.2) is 34.7 Å². The Morgan fingerprint density at radius 1 is 1.05 bits per heavy atom. The number of amides is 1. The van der Waals surface area contributed by atoms with E-state index < -0.39 is 65.9 Å². The van der Waals surface area contributed by atoms with E-state index in [1.807, 2.05) is 0 Å². The number of hydrogen-bond donors (Lipinski definition) is 3. The number of nitrogens with one attached hydrogen (secondary N) is 2.